The number of halogens is 2. The highest BCUT2D eigenvalue weighted by Gasteiger charge is 2.16. The summed E-state index contributed by atoms with van der Waals surface area (Å²) in [5.74, 6) is -0.952. The van der Waals surface area contributed by atoms with Gasteiger partial charge in [0.1, 0.15) is 6.61 Å². The number of benzene rings is 2. The van der Waals surface area contributed by atoms with E-state index in [2.05, 4.69) is 15.9 Å². The van der Waals surface area contributed by atoms with Gasteiger partial charge in [0.2, 0.25) is 0 Å². The third-order valence-corrected chi connectivity index (χ3v) is 3.34. The molecule has 4 nitrogen and oxygen atoms in total. The maximum atomic E-state index is 13.7. The molecule has 2 aromatic carbocycles. The van der Waals surface area contributed by atoms with Gasteiger partial charge < -0.3 is 15.2 Å². The molecule has 2 N–H and O–H groups in total. The van der Waals surface area contributed by atoms with Gasteiger partial charge in [0.15, 0.2) is 11.6 Å². The van der Waals surface area contributed by atoms with Crippen LogP contribution in [0.5, 0.6) is 5.75 Å². The van der Waals surface area contributed by atoms with Crippen LogP contribution < -0.4 is 10.5 Å². The van der Waals surface area contributed by atoms with Crippen molar-refractivity contribution in [1.29, 1.82) is 0 Å². The van der Waals surface area contributed by atoms with Crippen molar-refractivity contribution < 1.29 is 18.7 Å². The van der Waals surface area contributed by atoms with Gasteiger partial charge in [-0.2, -0.15) is 0 Å². The Morgan fingerprint density at radius 3 is 2.76 bits per heavy atom. The molecule has 0 fully saturated rings. The number of carbonyl (C=O) groups is 1. The highest BCUT2D eigenvalue weighted by Crippen LogP contribution is 2.24. The normalized spacial score (nSPS) is 10.2. The van der Waals surface area contributed by atoms with Gasteiger partial charge in [-0.25, -0.2) is 9.18 Å². The summed E-state index contributed by atoms with van der Waals surface area (Å²) < 4.78 is 24.4. The van der Waals surface area contributed by atoms with Crippen LogP contribution in [0.25, 0.3) is 0 Å². The molecule has 0 unspecified atom stereocenters. The summed E-state index contributed by atoms with van der Waals surface area (Å²) in [6, 6.07) is 9.44. The summed E-state index contributed by atoms with van der Waals surface area (Å²) in [4.78, 5) is 11.7. The van der Waals surface area contributed by atoms with E-state index in [1.54, 1.807) is 24.3 Å². The highest BCUT2D eigenvalue weighted by molar-refractivity contribution is 9.10. The number of ether oxygens (including phenoxy) is 2. The molecule has 0 amide bonds. The lowest BCUT2D eigenvalue weighted by atomic mass is 10.1. The minimum absolute atomic E-state index is 0.00796. The van der Waals surface area contributed by atoms with E-state index in [1.165, 1.54) is 19.2 Å². The molecule has 0 heterocycles. The van der Waals surface area contributed by atoms with E-state index in [-0.39, 0.29) is 17.9 Å². The second kappa shape index (κ2) is 6.58. The zero-order chi connectivity index (χ0) is 15.4. The fourth-order valence-corrected chi connectivity index (χ4v) is 2.17. The van der Waals surface area contributed by atoms with E-state index >= 15 is 0 Å². The fraction of sp³-hybridized carbons (Fsp3) is 0.133. The average Bonchev–Trinajstić information content (AvgIpc) is 2.45. The number of anilines is 1. The van der Waals surface area contributed by atoms with E-state index in [9.17, 15) is 9.18 Å². The van der Waals surface area contributed by atoms with Crippen LogP contribution in [0.3, 0.4) is 0 Å². The summed E-state index contributed by atoms with van der Waals surface area (Å²) in [5, 5.41) is 0. The molecule has 6 heteroatoms. The standard InChI is InChI=1S/C15H13BrFNO3/c1-20-15(19)14-9(3-2-4-12(14)18)8-21-13-6-5-10(16)7-11(13)17/h2-7H,8,18H2,1H3. The zero-order valence-corrected chi connectivity index (χ0v) is 12.8. The molecule has 0 saturated carbocycles. The van der Waals surface area contributed by atoms with E-state index < -0.39 is 11.8 Å². The molecule has 0 saturated heterocycles. The molecule has 0 radical (unpaired) electrons. The number of esters is 1. The van der Waals surface area contributed by atoms with Gasteiger partial charge in [0, 0.05) is 15.7 Å². The molecule has 2 aromatic rings. The molecule has 0 aliphatic heterocycles. The number of hydrogen-bond donors (Lipinski definition) is 1. The van der Waals surface area contributed by atoms with Crippen molar-refractivity contribution >= 4 is 27.6 Å². The van der Waals surface area contributed by atoms with Crippen LogP contribution in [-0.2, 0) is 11.3 Å². The smallest absolute Gasteiger partial charge is 0.340 e. The minimum Gasteiger partial charge on any atom is -0.486 e. The first-order chi connectivity index (χ1) is 10.0. The number of hydrogen-bond acceptors (Lipinski definition) is 4. The molecule has 0 aliphatic rings. The number of nitrogen functional groups attached to an aromatic ring is 1. The van der Waals surface area contributed by atoms with Crippen molar-refractivity contribution in [3.05, 3.63) is 57.8 Å². The molecule has 2 rings (SSSR count). The topological polar surface area (TPSA) is 61.5 Å². The van der Waals surface area contributed by atoms with E-state index in [1.807, 2.05) is 0 Å². The molecular weight excluding hydrogens is 341 g/mol. The Kier molecular flexibility index (Phi) is 4.80. The highest BCUT2D eigenvalue weighted by atomic mass is 79.9. The molecule has 21 heavy (non-hydrogen) atoms. The Hall–Kier alpha value is -2.08. The van der Waals surface area contributed by atoms with Crippen LogP contribution in [0.2, 0.25) is 0 Å². The summed E-state index contributed by atoms with van der Waals surface area (Å²) >= 11 is 3.17. The van der Waals surface area contributed by atoms with Crippen LogP contribution in [0.1, 0.15) is 15.9 Å². The van der Waals surface area contributed by atoms with Crippen molar-refractivity contribution in [2.24, 2.45) is 0 Å². The zero-order valence-electron chi connectivity index (χ0n) is 11.2. The SMILES string of the molecule is COC(=O)c1c(N)cccc1COc1ccc(Br)cc1F. The van der Waals surface area contributed by atoms with Crippen LogP contribution in [-0.4, -0.2) is 13.1 Å². The molecule has 0 aliphatic carbocycles. The molecule has 0 aromatic heterocycles. The minimum atomic E-state index is -0.553. The number of rotatable bonds is 4. The third-order valence-electron chi connectivity index (χ3n) is 2.85. The lowest BCUT2D eigenvalue weighted by Crippen LogP contribution is -2.11. The van der Waals surface area contributed by atoms with E-state index in [0.29, 0.717) is 15.7 Å². The molecule has 0 spiro atoms. The van der Waals surface area contributed by atoms with Gasteiger partial charge in [-0.3, -0.25) is 0 Å². The molecule has 0 atom stereocenters. The first kappa shape index (κ1) is 15.3. The van der Waals surface area contributed by atoms with Crippen LogP contribution in [0.15, 0.2) is 40.9 Å². The van der Waals surface area contributed by atoms with Gasteiger partial charge in [-0.05, 0) is 24.3 Å². The Balaban J connectivity index is 2.24. The van der Waals surface area contributed by atoms with Crippen LogP contribution in [0.4, 0.5) is 10.1 Å². The van der Waals surface area contributed by atoms with Gasteiger partial charge in [-0.15, -0.1) is 0 Å². The maximum absolute atomic E-state index is 13.7. The monoisotopic (exact) mass is 353 g/mol. The summed E-state index contributed by atoms with van der Waals surface area (Å²) in [6.45, 7) is 0.00796. The average molecular weight is 354 g/mol. The number of carbonyl (C=O) groups excluding carboxylic acids is 1. The lowest BCUT2D eigenvalue weighted by Gasteiger charge is -2.12. The maximum Gasteiger partial charge on any atom is 0.340 e. The van der Waals surface area contributed by atoms with Crippen LogP contribution in [0, 0.1) is 5.82 Å². The van der Waals surface area contributed by atoms with E-state index in [0.717, 1.165) is 0 Å². The van der Waals surface area contributed by atoms with Crippen molar-refractivity contribution in [3.63, 3.8) is 0 Å². The molecule has 0 bridgehead atoms. The van der Waals surface area contributed by atoms with E-state index in [4.69, 9.17) is 15.2 Å². The lowest BCUT2D eigenvalue weighted by molar-refractivity contribution is 0.0599. The third kappa shape index (κ3) is 3.52. The predicted molar refractivity (Wildman–Crippen MR) is 80.6 cm³/mol. The van der Waals surface area contributed by atoms with Gasteiger partial charge in [0.25, 0.3) is 0 Å². The second-order valence-corrected chi connectivity index (χ2v) is 5.15. The van der Waals surface area contributed by atoms with Crippen molar-refractivity contribution in [2.45, 2.75) is 6.61 Å². The van der Waals surface area contributed by atoms with Crippen molar-refractivity contribution in [1.82, 2.24) is 0 Å². The fourth-order valence-electron chi connectivity index (χ4n) is 1.84. The number of methoxy groups -OCH3 is 1. The first-order valence-corrected chi connectivity index (χ1v) is 6.85. The summed E-state index contributed by atoms with van der Waals surface area (Å²) in [5.41, 5.74) is 6.84. The van der Waals surface area contributed by atoms with Crippen LogP contribution >= 0.6 is 15.9 Å². The van der Waals surface area contributed by atoms with Crippen molar-refractivity contribution in [2.75, 3.05) is 12.8 Å². The Labute approximate surface area is 129 Å². The molecule has 110 valence electrons. The van der Waals surface area contributed by atoms with Gasteiger partial charge >= 0.3 is 5.97 Å². The van der Waals surface area contributed by atoms with Crippen molar-refractivity contribution in [3.8, 4) is 5.75 Å². The summed E-state index contributed by atoms with van der Waals surface area (Å²) in [7, 11) is 1.27. The molecular formula is C15H13BrFNO3. The largest absolute Gasteiger partial charge is 0.486 e. The second-order valence-electron chi connectivity index (χ2n) is 4.24. The van der Waals surface area contributed by atoms with Gasteiger partial charge in [-0.1, -0.05) is 28.1 Å². The first-order valence-electron chi connectivity index (χ1n) is 6.06. The quantitative estimate of drug-likeness (QED) is 0.674. The Bertz CT molecular complexity index is 676. The Morgan fingerprint density at radius 2 is 2.10 bits per heavy atom. The predicted octanol–water partition coefficient (Wildman–Crippen LogP) is 3.54. The number of nitrogens with two attached hydrogens (primary N) is 1. The van der Waals surface area contributed by atoms with Gasteiger partial charge in [0.05, 0.1) is 12.7 Å². The Morgan fingerprint density at radius 1 is 1.33 bits per heavy atom. The summed E-state index contributed by atoms with van der Waals surface area (Å²) in [6.07, 6.45) is 0.